The highest BCUT2D eigenvalue weighted by Crippen LogP contribution is 2.76. The van der Waals surface area contributed by atoms with Gasteiger partial charge in [-0.3, -0.25) is 19.2 Å². The Morgan fingerprint density at radius 2 is 1.43 bits per heavy atom. The molecule has 190 valence electrons. The van der Waals surface area contributed by atoms with Gasteiger partial charge in [-0.15, -0.1) is 0 Å². The number of benzene rings is 3. The van der Waals surface area contributed by atoms with Crippen LogP contribution >= 0.6 is 0 Å². The Bertz CT molecular complexity index is 1300. The number of amides is 1. The van der Waals surface area contributed by atoms with E-state index in [1.165, 1.54) is 19.3 Å². The predicted octanol–water partition coefficient (Wildman–Crippen LogP) is 4.22. The maximum absolute atomic E-state index is 14.1. The van der Waals surface area contributed by atoms with Gasteiger partial charge in [-0.05, 0) is 43.2 Å². The first-order chi connectivity index (χ1) is 17.9. The van der Waals surface area contributed by atoms with Crippen LogP contribution in [0.5, 0.6) is 0 Å². The average molecular weight is 501 g/mol. The molecule has 3 aromatic rings. The fraction of sp³-hybridized carbons (Fsp3) is 0.276. The molecular formula is C29H28N2O6. The van der Waals surface area contributed by atoms with Crippen molar-refractivity contribution in [1.82, 2.24) is 0 Å². The quantitative estimate of drug-likeness (QED) is 0.400. The first-order valence-corrected chi connectivity index (χ1v) is 12.0. The maximum atomic E-state index is 14.1. The Balaban J connectivity index is 1.70. The lowest BCUT2D eigenvalue weighted by atomic mass is 9.78. The van der Waals surface area contributed by atoms with E-state index in [2.05, 4.69) is 5.32 Å². The highest BCUT2D eigenvalue weighted by molar-refractivity contribution is 6.09. The molecule has 0 radical (unpaired) electrons. The lowest BCUT2D eigenvalue weighted by molar-refractivity contribution is -0.164. The van der Waals surface area contributed by atoms with Gasteiger partial charge in [0.25, 0.3) is 0 Å². The molecule has 1 N–H and O–H groups in total. The average Bonchev–Trinajstić information content (AvgIpc) is 3.50. The summed E-state index contributed by atoms with van der Waals surface area (Å²) < 4.78 is 10.3. The number of nitrogens with one attached hydrogen (secondary N) is 1. The Labute approximate surface area is 215 Å². The summed E-state index contributed by atoms with van der Waals surface area (Å²) in [6, 6.07) is 24.7. The minimum absolute atomic E-state index is 0.0220. The molecule has 3 aromatic carbocycles. The highest BCUT2D eigenvalue weighted by atomic mass is 16.7. The molecule has 1 heterocycles. The van der Waals surface area contributed by atoms with Crippen molar-refractivity contribution in [3.63, 3.8) is 0 Å². The Morgan fingerprint density at radius 1 is 0.865 bits per heavy atom. The molecular weight excluding hydrogens is 472 g/mol. The van der Waals surface area contributed by atoms with Crippen molar-refractivity contribution in [2.75, 3.05) is 24.6 Å². The van der Waals surface area contributed by atoms with E-state index in [1.807, 2.05) is 79.7 Å². The molecule has 2 aliphatic rings. The summed E-state index contributed by atoms with van der Waals surface area (Å²) in [7, 11) is 2.45. The van der Waals surface area contributed by atoms with E-state index in [4.69, 9.17) is 14.3 Å². The van der Waals surface area contributed by atoms with Gasteiger partial charge in [-0.2, -0.15) is 0 Å². The number of hydroxylamine groups is 1. The van der Waals surface area contributed by atoms with Crippen LogP contribution < -0.4 is 10.4 Å². The van der Waals surface area contributed by atoms with Crippen molar-refractivity contribution in [1.29, 1.82) is 0 Å². The van der Waals surface area contributed by atoms with Gasteiger partial charge in [0.2, 0.25) is 5.91 Å². The van der Waals surface area contributed by atoms with Gasteiger partial charge in [0.1, 0.15) is 12.1 Å². The molecule has 1 aliphatic heterocycles. The number of anilines is 2. The summed E-state index contributed by atoms with van der Waals surface area (Å²) in [6.07, 6.45) is -0.784. The van der Waals surface area contributed by atoms with E-state index in [1.54, 1.807) is 12.1 Å². The smallest absolute Gasteiger partial charge is 0.324 e. The minimum Gasteiger partial charge on any atom is -0.468 e. The van der Waals surface area contributed by atoms with Gasteiger partial charge in [0.05, 0.1) is 25.3 Å². The third-order valence-corrected chi connectivity index (χ3v) is 7.38. The fourth-order valence-corrected chi connectivity index (χ4v) is 5.58. The van der Waals surface area contributed by atoms with Crippen LogP contribution in [-0.2, 0) is 28.7 Å². The fourth-order valence-electron chi connectivity index (χ4n) is 5.58. The van der Waals surface area contributed by atoms with Crippen LogP contribution in [0.15, 0.2) is 84.9 Å². The summed E-state index contributed by atoms with van der Waals surface area (Å²) in [6.45, 7) is 1.96. The molecule has 8 heteroatoms. The number of carbonyl (C=O) groups excluding carboxylic acids is 3. The molecule has 1 amide bonds. The zero-order chi connectivity index (χ0) is 26.2. The van der Waals surface area contributed by atoms with Crippen molar-refractivity contribution in [2.24, 2.45) is 10.8 Å². The number of hydrogen-bond acceptors (Lipinski definition) is 7. The largest absolute Gasteiger partial charge is 0.468 e. The minimum atomic E-state index is -1.73. The summed E-state index contributed by atoms with van der Waals surface area (Å²) >= 11 is 0. The molecule has 37 heavy (non-hydrogen) atoms. The number of ether oxygens (including phenoxy) is 2. The van der Waals surface area contributed by atoms with E-state index in [0.29, 0.717) is 11.4 Å². The van der Waals surface area contributed by atoms with Gasteiger partial charge >= 0.3 is 11.9 Å². The highest BCUT2D eigenvalue weighted by Gasteiger charge is 2.88. The van der Waals surface area contributed by atoms with Crippen LogP contribution in [0.1, 0.15) is 23.7 Å². The monoisotopic (exact) mass is 500 g/mol. The van der Waals surface area contributed by atoms with Crippen molar-refractivity contribution in [2.45, 2.75) is 25.5 Å². The Hall–Kier alpha value is -4.17. The molecule has 1 spiro atoms. The third-order valence-electron chi connectivity index (χ3n) is 7.38. The number of rotatable bonds is 6. The number of esters is 2. The van der Waals surface area contributed by atoms with Gasteiger partial charge in [-0.25, -0.2) is 5.06 Å². The van der Waals surface area contributed by atoms with E-state index in [9.17, 15) is 14.4 Å². The van der Waals surface area contributed by atoms with Gasteiger partial charge in [-0.1, -0.05) is 66.2 Å². The first kappa shape index (κ1) is 24.5. The Kier molecular flexibility index (Phi) is 6.21. The van der Waals surface area contributed by atoms with E-state index in [-0.39, 0.29) is 6.42 Å². The molecule has 5 rings (SSSR count). The van der Waals surface area contributed by atoms with Crippen LogP contribution in [0.4, 0.5) is 11.4 Å². The normalized spacial score (nSPS) is 23.4. The van der Waals surface area contributed by atoms with Crippen LogP contribution in [0.2, 0.25) is 0 Å². The number of aryl methyl sites for hydroxylation is 1. The summed E-state index contributed by atoms with van der Waals surface area (Å²) in [5.41, 5.74) is -0.0612. The third kappa shape index (κ3) is 3.76. The molecule has 1 saturated heterocycles. The second kappa shape index (κ2) is 9.37. The molecule has 0 unspecified atom stereocenters. The van der Waals surface area contributed by atoms with E-state index < -0.39 is 40.8 Å². The zero-order valence-electron chi connectivity index (χ0n) is 20.8. The second-order valence-corrected chi connectivity index (χ2v) is 9.42. The predicted molar refractivity (Wildman–Crippen MR) is 136 cm³/mol. The van der Waals surface area contributed by atoms with Crippen molar-refractivity contribution in [3.05, 3.63) is 96.1 Å². The molecule has 1 saturated carbocycles. The Morgan fingerprint density at radius 3 is 2.00 bits per heavy atom. The van der Waals surface area contributed by atoms with Gasteiger partial charge in [0, 0.05) is 5.69 Å². The lowest BCUT2D eigenvalue weighted by Crippen LogP contribution is -2.48. The summed E-state index contributed by atoms with van der Waals surface area (Å²) in [4.78, 5) is 47.2. The van der Waals surface area contributed by atoms with Crippen LogP contribution in [0.25, 0.3) is 0 Å². The van der Waals surface area contributed by atoms with E-state index >= 15 is 0 Å². The van der Waals surface area contributed by atoms with Crippen LogP contribution in [0.3, 0.4) is 0 Å². The molecule has 0 bridgehead atoms. The zero-order valence-corrected chi connectivity index (χ0v) is 20.8. The number of para-hydroxylation sites is 1. The molecule has 1 aliphatic carbocycles. The lowest BCUT2D eigenvalue weighted by Gasteiger charge is -2.28. The maximum Gasteiger partial charge on any atom is 0.324 e. The molecule has 2 fully saturated rings. The van der Waals surface area contributed by atoms with Gasteiger partial charge in [0.15, 0.2) is 5.41 Å². The van der Waals surface area contributed by atoms with Crippen molar-refractivity contribution < 1.29 is 28.7 Å². The molecule has 8 nitrogen and oxygen atoms in total. The summed E-state index contributed by atoms with van der Waals surface area (Å²) in [5, 5.41) is 4.47. The van der Waals surface area contributed by atoms with E-state index in [0.717, 1.165) is 11.1 Å². The topological polar surface area (TPSA) is 94.2 Å². The van der Waals surface area contributed by atoms with Crippen molar-refractivity contribution >= 4 is 29.2 Å². The van der Waals surface area contributed by atoms with Gasteiger partial charge < -0.3 is 14.8 Å². The first-order valence-electron chi connectivity index (χ1n) is 12.0. The van der Waals surface area contributed by atoms with Crippen LogP contribution in [0, 0.1) is 17.8 Å². The number of methoxy groups -OCH3 is 2. The second-order valence-electron chi connectivity index (χ2n) is 9.42. The van der Waals surface area contributed by atoms with Crippen molar-refractivity contribution in [3.8, 4) is 0 Å². The number of nitrogens with zero attached hydrogens (tertiary/aromatic N) is 1. The standard InChI is InChI=1S/C29H28N2O6/c1-19-14-16-22(17-15-19)31-23(25(32)30-21-12-8-5-9-13-21)28(24(37-31)20-10-6-4-7-11-20)18-29(28,26(33)35-2)27(34)36-3/h4-17,23-24H,18H2,1-3H3,(H,30,32)/t23-,24+,28-/m0/s1. The SMILES string of the molecule is COC(=O)C1(C(=O)OC)C[C@]12[C@@H](c1ccccc1)ON(c1ccc(C)cc1)[C@H]2C(=O)Nc1ccccc1. The summed E-state index contributed by atoms with van der Waals surface area (Å²) in [5.74, 6) is -1.93. The molecule has 3 atom stereocenters. The number of hydrogen-bond donors (Lipinski definition) is 1. The van der Waals surface area contributed by atoms with Crippen LogP contribution in [-0.4, -0.2) is 38.1 Å². The molecule has 0 aromatic heterocycles. The number of carbonyl (C=O) groups is 3.